The van der Waals surface area contributed by atoms with E-state index in [0.717, 1.165) is 31.9 Å². The molecule has 2 aromatic rings. The summed E-state index contributed by atoms with van der Waals surface area (Å²) in [6.07, 6.45) is 0. The van der Waals surface area contributed by atoms with Crippen LogP contribution >= 0.6 is 11.3 Å². The smallest absolute Gasteiger partial charge is 0.136 e. The zero-order valence-electron chi connectivity index (χ0n) is 9.90. The lowest BCUT2D eigenvalue weighted by Crippen LogP contribution is -2.43. The fourth-order valence-electron chi connectivity index (χ4n) is 2.36. The topological polar surface area (TPSA) is 24.5 Å². The van der Waals surface area contributed by atoms with Crippen LogP contribution in [0.15, 0.2) is 23.6 Å². The Hall–Kier alpha value is -1.26. The van der Waals surface area contributed by atoms with E-state index >= 15 is 0 Å². The highest BCUT2D eigenvalue weighted by Crippen LogP contribution is 2.37. The Morgan fingerprint density at radius 1 is 1.24 bits per heavy atom. The zero-order valence-corrected chi connectivity index (χ0v) is 10.7. The van der Waals surface area contributed by atoms with Crippen LogP contribution in [0.25, 0.3) is 10.1 Å². The number of ether oxygens (including phenoxy) is 1. The molecule has 90 valence electrons. The maximum absolute atomic E-state index is 5.41. The molecule has 0 bridgehead atoms. The summed E-state index contributed by atoms with van der Waals surface area (Å²) < 4.78 is 6.66. The van der Waals surface area contributed by atoms with E-state index in [4.69, 9.17) is 4.74 Å². The van der Waals surface area contributed by atoms with Crippen molar-refractivity contribution in [2.45, 2.75) is 0 Å². The molecule has 0 unspecified atom stereocenters. The van der Waals surface area contributed by atoms with Crippen molar-refractivity contribution >= 4 is 27.1 Å². The van der Waals surface area contributed by atoms with E-state index in [0.29, 0.717) is 0 Å². The average molecular weight is 248 g/mol. The molecule has 0 spiro atoms. The monoisotopic (exact) mass is 248 g/mol. The van der Waals surface area contributed by atoms with Gasteiger partial charge in [-0.25, -0.2) is 0 Å². The fourth-order valence-corrected chi connectivity index (χ4v) is 3.27. The van der Waals surface area contributed by atoms with E-state index in [1.165, 1.54) is 15.8 Å². The Kier molecular flexibility index (Phi) is 2.91. The van der Waals surface area contributed by atoms with Crippen molar-refractivity contribution < 1.29 is 4.74 Å². The van der Waals surface area contributed by atoms with Gasteiger partial charge in [0.25, 0.3) is 0 Å². The lowest BCUT2D eigenvalue weighted by Gasteiger charge is -2.30. The average Bonchev–Trinajstić information content (AvgIpc) is 2.88. The molecular formula is C13H16N2OS. The van der Waals surface area contributed by atoms with E-state index in [1.54, 1.807) is 18.4 Å². The van der Waals surface area contributed by atoms with Crippen LogP contribution in [0, 0.1) is 0 Å². The molecule has 1 N–H and O–H groups in total. The van der Waals surface area contributed by atoms with Crippen LogP contribution in [-0.2, 0) is 0 Å². The van der Waals surface area contributed by atoms with Gasteiger partial charge in [0.15, 0.2) is 0 Å². The van der Waals surface area contributed by atoms with Crippen molar-refractivity contribution in [1.29, 1.82) is 0 Å². The lowest BCUT2D eigenvalue weighted by molar-refractivity contribution is 0.420. The lowest BCUT2D eigenvalue weighted by atomic mass is 10.2. The highest BCUT2D eigenvalue weighted by Gasteiger charge is 2.15. The van der Waals surface area contributed by atoms with E-state index in [-0.39, 0.29) is 0 Å². The third-order valence-electron chi connectivity index (χ3n) is 3.24. The van der Waals surface area contributed by atoms with Gasteiger partial charge in [-0.05, 0) is 23.6 Å². The van der Waals surface area contributed by atoms with E-state index in [2.05, 4.69) is 33.8 Å². The molecule has 3 rings (SSSR count). The first-order valence-electron chi connectivity index (χ1n) is 5.90. The second-order valence-electron chi connectivity index (χ2n) is 4.19. The quantitative estimate of drug-likeness (QED) is 0.882. The predicted molar refractivity (Wildman–Crippen MR) is 73.5 cm³/mol. The normalized spacial score (nSPS) is 16.4. The van der Waals surface area contributed by atoms with E-state index in [1.807, 2.05) is 0 Å². The molecule has 1 aromatic heterocycles. The number of thiophene rings is 1. The number of methoxy groups -OCH3 is 1. The minimum absolute atomic E-state index is 0.980. The third-order valence-corrected chi connectivity index (χ3v) is 4.16. The molecule has 0 aliphatic carbocycles. The summed E-state index contributed by atoms with van der Waals surface area (Å²) in [4.78, 5) is 2.45. The Bertz CT molecular complexity index is 517. The van der Waals surface area contributed by atoms with Crippen LogP contribution in [0.3, 0.4) is 0 Å². The molecule has 1 aliphatic heterocycles. The minimum Gasteiger partial charge on any atom is -0.495 e. The summed E-state index contributed by atoms with van der Waals surface area (Å²) in [5.41, 5.74) is 1.34. The standard InChI is InChI=1S/C13H16N2OS/c1-16-12-3-2-11(10-4-9-17-13(10)12)15-7-5-14-6-8-15/h2-4,9,14H,5-8H2,1H3. The largest absolute Gasteiger partial charge is 0.495 e. The summed E-state index contributed by atoms with van der Waals surface area (Å²) >= 11 is 1.75. The number of nitrogens with one attached hydrogen (secondary N) is 1. The van der Waals surface area contributed by atoms with Crippen molar-refractivity contribution in [1.82, 2.24) is 5.32 Å². The third kappa shape index (κ3) is 1.87. The molecule has 17 heavy (non-hydrogen) atoms. The van der Waals surface area contributed by atoms with Crippen molar-refractivity contribution in [2.24, 2.45) is 0 Å². The highest BCUT2D eigenvalue weighted by molar-refractivity contribution is 7.17. The number of hydrogen-bond acceptors (Lipinski definition) is 4. The molecule has 0 amide bonds. The van der Waals surface area contributed by atoms with Gasteiger partial charge >= 0.3 is 0 Å². The SMILES string of the molecule is COc1ccc(N2CCNCC2)c2ccsc12. The highest BCUT2D eigenvalue weighted by atomic mass is 32.1. The van der Waals surface area contributed by atoms with Crippen molar-refractivity contribution in [3.8, 4) is 5.75 Å². The maximum Gasteiger partial charge on any atom is 0.136 e. The first kappa shape index (κ1) is 10.9. The van der Waals surface area contributed by atoms with Crippen molar-refractivity contribution in [3.63, 3.8) is 0 Å². The number of anilines is 1. The van der Waals surface area contributed by atoms with Crippen molar-refractivity contribution in [3.05, 3.63) is 23.6 Å². The molecule has 0 atom stereocenters. The minimum atomic E-state index is 0.980. The number of hydrogen-bond donors (Lipinski definition) is 1. The molecule has 4 heteroatoms. The molecule has 1 saturated heterocycles. The van der Waals surface area contributed by atoms with Crippen LogP contribution in [0.5, 0.6) is 5.75 Å². The van der Waals surface area contributed by atoms with Crippen LogP contribution in [0.1, 0.15) is 0 Å². The van der Waals surface area contributed by atoms with Crippen LogP contribution in [0.2, 0.25) is 0 Å². The van der Waals surface area contributed by atoms with Crippen LogP contribution in [0.4, 0.5) is 5.69 Å². The Morgan fingerprint density at radius 3 is 2.82 bits per heavy atom. The van der Waals surface area contributed by atoms with Gasteiger partial charge in [-0.2, -0.15) is 0 Å². The Morgan fingerprint density at radius 2 is 2.06 bits per heavy atom. The zero-order chi connectivity index (χ0) is 11.7. The number of benzene rings is 1. The van der Waals surface area contributed by atoms with E-state index < -0.39 is 0 Å². The number of rotatable bonds is 2. The Labute approximate surface area is 105 Å². The van der Waals surface area contributed by atoms with Crippen LogP contribution < -0.4 is 15.0 Å². The molecular weight excluding hydrogens is 232 g/mol. The van der Waals surface area contributed by atoms with Gasteiger partial charge in [0.1, 0.15) is 5.75 Å². The number of nitrogens with zero attached hydrogens (tertiary/aromatic N) is 1. The van der Waals surface area contributed by atoms with Gasteiger partial charge in [-0.15, -0.1) is 11.3 Å². The summed E-state index contributed by atoms with van der Waals surface area (Å²) in [6, 6.07) is 6.45. The predicted octanol–water partition coefficient (Wildman–Crippen LogP) is 2.32. The molecule has 0 radical (unpaired) electrons. The number of fused-ring (bicyclic) bond motifs is 1. The van der Waals surface area contributed by atoms with Crippen LogP contribution in [-0.4, -0.2) is 33.3 Å². The summed E-state index contributed by atoms with van der Waals surface area (Å²) in [5.74, 6) is 0.980. The molecule has 1 aliphatic rings. The first-order chi connectivity index (χ1) is 8.40. The Balaban J connectivity index is 2.07. The van der Waals surface area contributed by atoms with E-state index in [9.17, 15) is 0 Å². The van der Waals surface area contributed by atoms with Gasteiger partial charge in [0.05, 0.1) is 11.8 Å². The van der Waals surface area contributed by atoms with Gasteiger partial charge in [0, 0.05) is 37.3 Å². The first-order valence-corrected chi connectivity index (χ1v) is 6.78. The summed E-state index contributed by atoms with van der Waals surface area (Å²) in [5, 5.41) is 6.84. The number of piperazine rings is 1. The van der Waals surface area contributed by atoms with Gasteiger partial charge in [-0.1, -0.05) is 0 Å². The van der Waals surface area contributed by atoms with Crippen molar-refractivity contribution in [2.75, 3.05) is 38.2 Å². The molecule has 2 heterocycles. The summed E-state index contributed by atoms with van der Waals surface area (Å²) in [6.45, 7) is 4.30. The molecule has 1 fully saturated rings. The molecule has 0 saturated carbocycles. The fraction of sp³-hybridized carbons (Fsp3) is 0.385. The summed E-state index contributed by atoms with van der Waals surface area (Å²) in [7, 11) is 1.74. The maximum atomic E-state index is 5.41. The van der Waals surface area contributed by atoms with Gasteiger partial charge in [-0.3, -0.25) is 0 Å². The molecule has 1 aromatic carbocycles. The second kappa shape index (κ2) is 4.55. The van der Waals surface area contributed by atoms with Gasteiger partial charge < -0.3 is 15.0 Å². The molecule has 3 nitrogen and oxygen atoms in total. The van der Waals surface area contributed by atoms with Gasteiger partial charge in [0.2, 0.25) is 0 Å². The second-order valence-corrected chi connectivity index (χ2v) is 5.10.